The Labute approximate surface area is 181 Å². The Kier molecular flexibility index (Phi) is 5.36. The molecule has 3 aromatic rings. The third-order valence-corrected chi connectivity index (χ3v) is 7.72. The van der Waals surface area contributed by atoms with Crippen LogP contribution in [0.1, 0.15) is 33.3 Å². The number of carbonyl (C=O) groups is 1. The highest BCUT2D eigenvalue weighted by Crippen LogP contribution is 2.50. The van der Waals surface area contributed by atoms with Gasteiger partial charge in [0.2, 0.25) is 0 Å². The van der Waals surface area contributed by atoms with Gasteiger partial charge >= 0.3 is 5.97 Å². The number of nitriles is 1. The van der Waals surface area contributed by atoms with Crippen molar-refractivity contribution < 1.29 is 22.7 Å². The molecule has 0 radical (unpaired) electrons. The Hall–Kier alpha value is -2.74. The summed E-state index contributed by atoms with van der Waals surface area (Å²) in [7, 11) is -3.61. The molecule has 0 atom stereocenters. The number of sulfone groups is 1. The van der Waals surface area contributed by atoms with Gasteiger partial charge in [0.1, 0.15) is 16.7 Å². The van der Waals surface area contributed by atoms with Gasteiger partial charge in [-0.25, -0.2) is 17.6 Å². The molecule has 0 aliphatic heterocycles. The molecule has 2 aromatic heterocycles. The van der Waals surface area contributed by atoms with Crippen LogP contribution in [0.3, 0.4) is 0 Å². The lowest BCUT2D eigenvalue weighted by Gasteiger charge is -2.14. The summed E-state index contributed by atoms with van der Waals surface area (Å²) in [6.45, 7) is 2.01. The SMILES string of the molecule is CCOC(=O)c1sc(Oc2ccc(C#N)c(S(C)(=O)=O)c2)c2c1CCc1cnsc1-2. The summed E-state index contributed by atoms with van der Waals surface area (Å²) in [5.74, 6) is -0.135. The zero-order valence-electron chi connectivity index (χ0n) is 16.1. The van der Waals surface area contributed by atoms with Crippen LogP contribution in [0.5, 0.6) is 10.8 Å². The normalized spacial score (nSPS) is 12.6. The maximum absolute atomic E-state index is 12.5. The van der Waals surface area contributed by atoms with E-state index in [1.165, 1.54) is 35.0 Å². The van der Waals surface area contributed by atoms with Crippen LogP contribution in [0.2, 0.25) is 0 Å². The van der Waals surface area contributed by atoms with Gasteiger partial charge in [0.05, 0.1) is 27.5 Å². The molecule has 0 N–H and O–H groups in total. The van der Waals surface area contributed by atoms with Crippen molar-refractivity contribution in [1.29, 1.82) is 5.26 Å². The van der Waals surface area contributed by atoms with Crippen molar-refractivity contribution >= 4 is 38.7 Å². The monoisotopic (exact) mass is 460 g/mol. The number of hydrogen-bond acceptors (Lipinski definition) is 9. The topological polar surface area (TPSA) is 106 Å². The molecule has 7 nitrogen and oxygen atoms in total. The molecular formula is C20H16N2O5S3. The second-order valence-electron chi connectivity index (χ2n) is 6.62. The van der Waals surface area contributed by atoms with Gasteiger partial charge in [0, 0.05) is 18.5 Å². The molecule has 1 aliphatic carbocycles. The second-order valence-corrected chi connectivity index (χ2v) is 10.4. The number of hydrogen-bond donors (Lipinski definition) is 0. The van der Waals surface area contributed by atoms with Crippen molar-refractivity contribution in [3.8, 4) is 27.3 Å². The largest absolute Gasteiger partial charge is 0.462 e. The maximum Gasteiger partial charge on any atom is 0.348 e. The summed E-state index contributed by atoms with van der Waals surface area (Å²) in [5.41, 5.74) is 2.80. The van der Waals surface area contributed by atoms with E-state index in [1.807, 2.05) is 12.3 Å². The first-order chi connectivity index (χ1) is 14.3. The smallest absolute Gasteiger partial charge is 0.348 e. The van der Waals surface area contributed by atoms with Gasteiger partial charge in [-0.05, 0) is 54.6 Å². The minimum atomic E-state index is -3.61. The highest BCUT2D eigenvalue weighted by atomic mass is 32.2. The molecule has 154 valence electrons. The summed E-state index contributed by atoms with van der Waals surface area (Å²) < 4.78 is 39.7. The number of ether oxygens (including phenoxy) is 2. The Morgan fingerprint density at radius 3 is 2.83 bits per heavy atom. The second kappa shape index (κ2) is 7.83. The first-order valence-electron chi connectivity index (χ1n) is 9.02. The van der Waals surface area contributed by atoms with Crippen LogP contribution in [0.15, 0.2) is 29.3 Å². The summed E-state index contributed by atoms with van der Waals surface area (Å²) in [6.07, 6.45) is 4.30. The average molecular weight is 461 g/mol. The Bertz CT molecular complexity index is 1300. The lowest BCUT2D eigenvalue weighted by molar-refractivity contribution is 0.0531. The zero-order chi connectivity index (χ0) is 21.5. The minimum absolute atomic E-state index is 0.0509. The summed E-state index contributed by atoms with van der Waals surface area (Å²) in [5, 5.41) is 9.69. The molecule has 1 aliphatic rings. The maximum atomic E-state index is 12.5. The lowest BCUT2D eigenvalue weighted by Crippen LogP contribution is -2.08. The summed E-state index contributed by atoms with van der Waals surface area (Å²) in [6, 6.07) is 6.17. The Balaban J connectivity index is 1.83. The van der Waals surface area contributed by atoms with Gasteiger partial charge in [-0.1, -0.05) is 11.3 Å². The number of nitrogens with zero attached hydrogens (tertiary/aromatic N) is 2. The fourth-order valence-corrected chi connectivity index (χ4v) is 6.21. The first-order valence-corrected chi connectivity index (χ1v) is 12.5. The molecule has 30 heavy (non-hydrogen) atoms. The van der Waals surface area contributed by atoms with Crippen LogP contribution in [-0.4, -0.2) is 31.6 Å². The van der Waals surface area contributed by atoms with Gasteiger partial charge in [-0.15, -0.1) is 0 Å². The first kappa shape index (κ1) is 20.5. The van der Waals surface area contributed by atoms with Crippen LogP contribution in [0.4, 0.5) is 0 Å². The molecule has 2 heterocycles. The third kappa shape index (κ3) is 3.60. The van der Waals surface area contributed by atoms with Gasteiger partial charge in [-0.3, -0.25) is 0 Å². The predicted octanol–water partition coefficient (Wildman–Crippen LogP) is 4.21. The number of rotatable bonds is 5. The van der Waals surface area contributed by atoms with Crippen LogP contribution in [-0.2, 0) is 27.4 Å². The van der Waals surface area contributed by atoms with E-state index in [0.29, 0.717) is 16.4 Å². The van der Waals surface area contributed by atoms with Crippen molar-refractivity contribution in [3.05, 3.63) is 46.0 Å². The minimum Gasteiger partial charge on any atom is -0.462 e. The van der Waals surface area contributed by atoms with E-state index in [1.54, 1.807) is 13.0 Å². The Morgan fingerprint density at radius 2 is 2.13 bits per heavy atom. The molecule has 0 amide bonds. The van der Waals surface area contributed by atoms with E-state index < -0.39 is 15.8 Å². The van der Waals surface area contributed by atoms with Crippen molar-refractivity contribution in [2.75, 3.05) is 12.9 Å². The molecule has 4 rings (SSSR count). The van der Waals surface area contributed by atoms with Crippen molar-refractivity contribution in [3.63, 3.8) is 0 Å². The van der Waals surface area contributed by atoms with E-state index in [2.05, 4.69) is 4.37 Å². The fourth-order valence-electron chi connectivity index (χ4n) is 3.32. The molecule has 0 saturated carbocycles. The highest BCUT2D eigenvalue weighted by Gasteiger charge is 2.31. The van der Waals surface area contributed by atoms with Crippen LogP contribution >= 0.6 is 22.9 Å². The number of fused-ring (bicyclic) bond motifs is 3. The van der Waals surface area contributed by atoms with E-state index in [-0.39, 0.29) is 22.8 Å². The number of aromatic nitrogens is 1. The van der Waals surface area contributed by atoms with Gasteiger partial charge in [-0.2, -0.15) is 5.26 Å². The molecule has 0 unspecified atom stereocenters. The Morgan fingerprint density at radius 1 is 1.33 bits per heavy atom. The van der Waals surface area contributed by atoms with Crippen LogP contribution in [0, 0.1) is 11.3 Å². The molecule has 0 saturated heterocycles. The van der Waals surface area contributed by atoms with E-state index in [9.17, 15) is 18.5 Å². The highest BCUT2D eigenvalue weighted by molar-refractivity contribution is 7.90. The number of esters is 1. The van der Waals surface area contributed by atoms with Gasteiger partial charge in [0.25, 0.3) is 0 Å². The number of aryl methyl sites for hydroxylation is 1. The molecule has 0 fully saturated rings. The predicted molar refractivity (Wildman–Crippen MR) is 113 cm³/mol. The molecule has 10 heteroatoms. The number of carbonyl (C=O) groups excluding carboxylic acids is 1. The molecular weight excluding hydrogens is 444 g/mol. The third-order valence-electron chi connectivity index (χ3n) is 4.63. The van der Waals surface area contributed by atoms with Crippen LogP contribution < -0.4 is 4.74 Å². The van der Waals surface area contributed by atoms with Crippen molar-refractivity contribution in [1.82, 2.24) is 4.37 Å². The van der Waals surface area contributed by atoms with Gasteiger partial charge in [0.15, 0.2) is 14.9 Å². The van der Waals surface area contributed by atoms with Gasteiger partial charge < -0.3 is 9.47 Å². The van der Waals surface area contributed by atoms with Crippen LogP contribution in [0.25, 0.3) is 10.4 Å². The summed E-state index contributed by atoms with van der Waals surface area (Å²) >= 11 is 2.51. The van der Waals surface area contributed by atoms with E-state index >= 15 is 0 Å². The molecule has 1 aromatic carbocycles. The number of thiophene rings is 1. The van der Waals surface area contributed by atoms with E-state index in [4.69, 9.17) is 9.47 Å². The quantitative estimate of drug-likeness (QED) is 0.525. The van der Waals surface area contributed by atoms with Crippen molar-refractivity contribution in [2.45, 2.75) is 24.7 Å². The molecule has 0 bridgehead atoms. The fraction of sp³-hybridized carbons (Fsp3) is 0.250. The average Bonchev–Trinajstić information content (AvgIpc) is 3.32. The molecule has 0 spiro atoms. The van der Waals surface area contributed by atoms with E-state index in [0.717, 1.165) is 34.2 Å². The van der Waals surface area contributed by atoms with Crippen molar-refractivity contribution in [2.24, 2.45) is 0 Å². The summed E-state index contributed by atoms with van der Waals surface area (Å²) in [4.78, 5) is 13.8. The lowest BCUT2D eigenvalue weighted by atomic mass is 9.93. The standard InChI is InChI=1S/C20H16N2O5S3/c1-3-26-19(23)18-14-7-5-12-10-22-29-17(12)16(14)20(28-18)27-13-6-4-11(9-21)15(8-13)30(2,24)25/h4,6,8,10H,3,5,7H2,1-2H3. The zero-order valence-corrected chi connectivity index (χ0v) is 18.5. The number of benzene rings is 1.